The molecule has 0 radical (unpaired) electrons. The molecule has 0 aliphatic rings. The summed E-state index contributed by atoms with van der Waals surface area (Å²) in [6.45, 7) is 4.32. The molecule has 5 rings (SSSR count). The standard InChI is InChI=1S/C33H29N5O3/c1-3-41-28-20-11-10-19-27(28)35-36-32-31(24-14-6-4-7-15-24)37-38(33(32)25-16-8-5-9-17-25)30(40)22-29(39)34-26-18-12-13-23(2)21-26/h4-21H,3,22H2,1-2H3,(H,34,39). The van der Waals surface area contributed by atoms with Crippen LogP contribution < -0.4 is 10.1 Å². The molecule has 0 saturated heterocycles. The molecule has 0 aliphatic carbocycles. The summed E-state index contributed by atoms with van der Waals surface area (Å²) in [6.07, 6.45) is -0.409. The summed E-state index contributed by atoms with van der Waals surface area (Å²) in [5.74, 6) is -0.342. The van der Waals surface area contributed by atoms with Crippen LogP contribution >= 0.6 is 0 Å². The Labute approximate surface area is 238 Å². The molecule has 1 heterocycles. The molecule has 8 heteroatoms. The largest absolute Gasteiger partial charge is 0.492 e. The van der Waals surface area contributed by atoms with Gasteiger partial charge < -0.3 is 10.1 Å². The first-order valence-electron chi connectivity index (χ1n) is 13.3. The summed E-state index contributed by atoms with van der Waals surface area (Å²) in [6, 6.07) is 33.6. The topological polar surface area (TPSA) is 97.9 Å². The third-order valence-corrected chi connectivity index (χ3v) is 6.23. The van der Waals surface area contributed by atoms with E-state index < -0.39 is 18.2 Å². The predicted octanol–water partition coefficient (Wildman–Crippen LogP) is 8.01. The zero-order valence-corrected chi connectivity index (χ0v) is 22.8. The van der Waals surface area contributed by atoms with Gasteiger partial charge in [-0.2, -0.15) is 9.78 Å². The van der Waals surface area contributed by atoms with Gasteiger partial charge in [-0.3, -0.25) is 9.59 Å². The van der Waals surface area contributed by atoms with Gasteiger partial charge in [0.15, 0.2) is 0 Å². The summed E-state index contributed by atoms with van der Waals surface area (Å²) in [7, 11) is 0. The summed E-state index contributed by atoms with van der Waals surface area (Å²) in [4.78, 5) is 26.6. The maximum atomic E-state index is 13.7. The van der Waals surface area contributed by atoms with Crippen molar-refractivity contribution in [2.45, 2.75) is 20.3 Å². The molecule has 41 heavy (non-hydrogen) atoms. The Morgan fingerprint density at radius 2 is 1.51 bits per heavy atom. The number of nitrogens with zero attached hydrogens (tertiary/aromatic N) is 4. The van der Waals surface area contributed by atoms with Gasteiger partial charge in [0.2, 0.25) is 5.91 Å². The number of amides is 1. The van der Waals surface area contributed by atoms with Gasteiger partial charge in [-0.25, -0.2) is 0 Å². The van der Waals surface area contributed by atoms with Crippen molar-refractivity contribution < 1.29 is 14.3 Å². The van der Waals surface area contributed by atoms with Crippen LogP contribution in [0.5, 0.6) is 5.75 Å². The van der Waals surface area contributed by atoms with Crippen molar-refractivity contribution in [2.75, 3.05) is 11.9 Å². The van der Waals surface area contributed by atoms with Gasteiger partial charge in [0.05, 0.1) is 6.61 Å². The molecule has 0 atom stereocenters. The lowest BCUT2D eigenvalue weighted by molar-refractivity contribution is -0.115. The van der Waals surface area contributed by atoms with E-state index in [0.717, 1.165) is 11.1 Å². The molecule has 0 saturated carbocycles. The van der Waals surface area contributed by atoms with Crippen molar-refractivity contribution in [1.29, 1.82) is 0 Å². The van der Waals surface area contributed by atoms with E-state index >= 15 is 0 Å². The molecule has 4 aromatic carbocycles. The summed E-state index contributed by atoms with van der Waals surface area (Å²) in [5.41, 5.74) is 4.95. The van der Waals surface area contributed by atoms with Crippen molar-refractivity contribution in [3.8, 4) is 28.3 Å². The molecular formula is C33H29N5O3. The molecule has 8 nitrogen and oxygen atoms in total. The lowest BCUT2D eigenvalue weighted by Crippen LogP contribution is -2.22. The third kappa shape index (κ3) is 6.45. The Balaban J connectivity index is 1.60. The van der Waals surface area contributed by atoms with Crippen LogP contribution in [0.3, 0.4) is 0 Å². The van der Waals surface area contributed by atoms with E-state index in [1.54, 1.807) is 6.07 Å². The molecule has 0 fully saturated rings. The maximum absolute atomic E-state index is 13.7. The van der Waals surface area contributed by atoms with E-state index in [1.165, 1.54) is 4.68 Å². The smallest absolute Gasteiger partial charge is 0.256 e. The van der Waals surface area contributed by atoms with Gasteiger partial charge in [-0.05, 0) is 43.7 Å². The number of carbonyl (C=O) groups excluding carboxylic acids is 2. The van der Waals surface area contributed by atoms with Gasteiger partial charge >= 0.3 is 0 Å². The minimum Gasteiger partial charge on any atom is -0.492 e. The number of aryl methyl sites for hydroxylation is 1. The van der Waals surface area contributed by atoms with Gasteiger partial charge in [0.1, 0.15) is 34.9 Å². The highest BCUT2D eigenvalue weighted by atomic mass is 16.5. The number of hydrogen-bond acceptors (Lipinski definition) is 6. The summed E-state index contributed by atoms with van der Waals surface area (Å²) >= 11 is 0. The number of hydrogen-bond donors (Lipinski definition) is 1. The van der Waals surface area contributed by atoms with E-state index in [-0.39, 0.29) is 0 Å². The summed E-state index contributed by atoms with van der Waals surface area (Å²) < 4.78 is 6.99. The van der Waals surface area contributed by atoms with Crippen molar-refractivity contribution >= 4 is 28.9 Å². The number of nitrogens with one attached hydrogen (secondary N) is 1. The normalized spacial score (nSPS) is 11.0. The number of benzene rings is 4. The van der Waals surface area contributed by atoms with Crippen molar-refractivity contribution in [3.63, 3.8) is 0 Å². The number of ether oxygens (including phenoxy) is 1. The second kappa shape index (κ2) is 12.7. The fourth-order valence-corrected chi connectivity index (χ4v) is 4.39. The molecule has 0 spiro atoms. The Kier molecular flexibility index (Phi) is 8.40. The highest BCUT2D eigenvalue weighted by Gasteiger charge is 2.26. The van der Waals surface area contributed by atoms with Crippen LogP contribution in [-0.4, -0.2) is 28.2 Å². The second-order valence-electron chi connectivity index (χ2n) is 9.28. The number of rotatable bonds is 9. The molecule has 204 valence electrons. The Morgan fingerprint density at radius 3 is 2.22 bits per heavy atom. The number of para-hydroxylation sites is 1. The molecule has 1 aromatic heterocycles. The number of aromatic nitrogens is 2. The van der Waals surface area contributed by atoms with Gasteiger partial charge in [0.25, 0.3) is 5.91 Å². The second-order valence-corrected chi connectivity index (χ2v) is 9.28. The Bertz CT molecular complexity index is 1700. The van der Waals surface area contributed by atoms with E-state index in [1.807, 2.05) is 117 Å². The first kappa shape index (κ1) is 27.2. The van der Waals surface area contributed by atoms with E-state index in [9.17, 15) is 9.59 Å². The summed E-state index contributed by atoms with van der Waals surface area (Å²) in [5, 5.41) is 16.7. The fourth-order valence-electron chi connectivity index (χ4n) is 4.39. The predicted molar refractivity (Wildman–Crippen MR) is 160 cm³/mol. The zero-order valence-electron chi connectivity index (χ0n) is 22.8. The average molecular weight is 544 g/mol. The molecule has 0 aliphatic heterocycles. The first-order chi connectivity index (χ1) is 20.0. The molecule has 5 aromatic rings. The van der Waals surface area contributed by atoms with E-state index in [4.69, 9.17) is 9.84 Å². The van der Waals surface area contributed by atoms with E-state index in [0.29, 0.717) is 46.4 Å². The van der Waals surface area contributed by atoms with Crippen molar-refractivity contribution in [1.82, 2.24) is 9.78 Å². The van der Waals surface area contributed by atoms with Gasteiger partial charge in [-0.1, -0.05) is 84.9 Å². The van der Waals surface area contributed by atoms with Crippen molar-refractivity contribution in [3.05, 3.63) is 115 Å². The monoisotopic (exact) mass is 543 g/mol. The van der Waals surface area contributed by atoms with Crippen LogP contribution in [0.15, 0.2) is 119 Å². The number of anilines is 1. The lowest BCUT2D eigenvalue weighted by Gasteiger charge is -2.09. The molecule has 1 amide bonds. The van der Waals surface area contributed by atoms with Crippen molar-refractivity contribution in [2.24, 2.45) is 10.2 Å². The Hall–Kier alpha value is -5.37. The van der Waals surface area contributed by atoms with Crippen LogP contribution in [0.1, 0.15) is 23.7 Å². The molecule has 1 N–H and O–H groups in total. The minimum absolute atomic E-state index is 0.404. The van der Waals surface area contributed by atoms with Gasteiger partial charge in [-0.15, -0.1) is 10.2 Å². The van der Waals surface area contributed by atoms with Crippen LogP contribution in [0.4, 0.5) is 17.1 Å². The highest BCUT2D eigenvalue weighted by Crippen LogP contribution is 2.41. The van der Waals surface area contributed by atoms with Crippen LogP contribution in [0, 0.1) is 6.92 Å². The highest BCUT2D eigenvalue weighted by molar-refractivity contribution is 6.06. The lowest BCUT2D eigenvalue weighted by atomic mass is 10.1. The SMILES string of the molecule is CCOc1ccccc1N=Nc1c(-c2ccccc2)nn(C(=O)CC(=O)Nc2cccc(C)c2)c1-c1ccccc1. The number of carbonyl (C=O) groups is 2. The minimum atomic E-state index is -0.498. The van der Waals surface area contributed by atoms with Crippen LogP contribution in [-0.2, 0) is 4.79 Å². The van der Waals surface area contributed by atoms with Crippen LogP contribution in [0.2, 0.25) is 0 Å². The maximum Gasteiger partial charge on any atom is 0.256 e. The van der Waals surface area contributed by atoms with Crippen LogP contribution in [0.25, 0.3) is 22.5 Å². The molecule has 0 unspecified atom stereocenters. The fraction of sp³-hybridized carbons (Fsp3) is 0.121. The quantitative estimate of drug-likeness (QED) is 0.150. The molecular weight excluding hydrogens is 514 g/mol. The number of azo groups is 1. The third-order valence-electron chi connectivity index (χ3n) is 6.23. The zero-order chi connectivity index (χ0) is 28.6. The molecule has 0 bridgehead atoms. The first-order valence-corrected chi connectivity index (χ1v) is 13.3. The van der Waals surface area contributed by atoms with E-state index in [2.05, 4.69) is 15.5 Å². The average Bonchev–Trinajstić information content (AvgIpc) is 3.37. The Morgan fingerprint density at radius 1 is 0.829 bits per heavy atom. The van der Waals surface area contributed by atoms with Gasteiger partial charge in [0, 0.05) is 16.8 Å².